The van der Waals surface area contributed by atoms with Crippen molar-refractivity contribution in [2.75, 3.05) is 13.6 Å². The summed E-state index contributed by atoms with van der Waals surface area (Å²) >= 11 is 5.73. The van der Waals surface area contributed by atoms with Gasteiger partial charge in [0.05, 0.1) is 6.07 Å². The van der Waals surface area contributed by atoms with Crippen LogP contribution in [0.3, 0.4) is 0 Å². The molecule has 0 radical (unpaired) electrons. The van der Waals surface area contributed by atoms with E-state index in [1.807, 2.05) is 6.07 Å². The van der Waals surface area contributed by atoms with Gasteiger partial charge in [-0.25, -0.2) is 4.98 Å². The second-order valence-electron chi connectivity index (χ2n) is 3.14. The molecule has 1 aromatic heterocycles. The van der Waals surface area contributed by atoms with Gasteiger partial charge < -0.3 is 4.90 Å². The summed E-state index contributed by atoms with van der Waals surface area (Å²) in [6, 6.07) is 5.04. The van der Waals surface area contributed by atoms with Crippen LogP contribution in [-0.4, -0.2) is 29.4 Å². The van der Waals surface area contributed by atoms with Crippen LogP contribution < -0.4 is 0 Å². The molecule has 0 saturated carbocycles. The van der Waals surface area contributed by atoms with Gasteiger partial charge in [0.1, 0.15) is 11.7 Å². The number of pyridine rings is 1. The summed E-state index contributed by atoms with van der Waals surface area (Å²) in [5, 5.41) is 8.74. The zero-order valence-corrected chi connectivity index (χ0v) is 9.25. The van der Waals surface area contributed by atoms with Crippen molar-refractivity contribution in [3.05, 3.63) is 28.5 Å². The quantitative estimate of drug-likeness (QED) is 0.566. The Kier molecular flexibility index (Phi) is 3.64. The lowest BCUT2D eigenvalue weighted by Gasteiger charge is -2.13. The predicted octanol–water partition coefficient (Wildman–Crippen LogP) is 1.64. The van der Waals surface area contributed by atoms with E-state index >= 15 is 0 Å². The zero-order chi connectivity index (χ0) is 11.4. The second-order valence-corrected chi connectivity index (χ2v) is 3.53. The van der Waals surface area contributed by atoms with E-state index in [0.717, 1.165) is 0 Å². The summed E-state index contributed by atoms with van der Waals surface area (Å²) in [6.07, 6.45) is 0. The minimum Gasteiger partial charge on any atom is -0.328 e. The molecule has 0 unspecified atom stereocenters. The van der Waals surface area contributed by atoms with Gasteiger partial charge in [0.25, 0.3) is 5.91 Å². The van der Waals surface area contributed by atoms with Crippen LogP contribution in [0.25, 0.3) is 0 Å². The molecule has 0 aromatic carbocycles. The van der Waals surface area contributed by atoms with Crippen molar-refractivity contribution >= 4 is 17.5 Å². The van der Waals surface area contributed by atoms with Crippen molar-refractivity contribution < 1.29 is 4.79 Å². The standard InChI is InChI=1S/C10H10ClN3O/c1-7-5-8(6-9(11)13-7)10(15)14(2)4-3-12/h5-6H,4H2,1-2H3. The van der Waals surface area contributed by atoms with E-state index in [4.69, 9.17) is 16.9 Å². The zero-order valence-electron chi connectivity index (χ0n) is 8.49. The summed E-state index contributed by atoms with van der Waals surface area (Å²) < 4.78 is 0. The Balaban J connectivity index is 2.97. The molecule has 0 N–H and O–H groups in total. The van der Waals surface area contributed by atoms with Gasteiger partial charge >= 0.3 is 0 Å². The molecule has 0 spiro atoms. The number of rotatable bonds is 2. The van der Waals surface area contributed by atoms with E-state index in [9.17, 15) is 4.79 Å². The number of halogens is 1. The van der Waals surface area contributed by atoms with Crippen LogP contribution in [-0.2, 0) is 0 Å². The van der Waals surface area contributed by atoms with Gasteiger partial charge in [-0.1, -0.05) is 11.6 Å². The lowest BCUT2D eigenvalue weighted by molar-refractivity contribution is 0.0811. The number of hydrogen-bond donors (Lipinski definition) is 0. The van der Waals surface area contributed by atoms with Crippen molar-refractivity contribution in [2.45, 2.75) is 6.92 Å². The van der Waals surface area contributed by atoms with Gasteiger partial charge in [-0.2, -0.15) is 5.26 Å². The van der Waals surface area contributed by atoms with Crippen molar-refractivity contribution in [2.24, 2.45) is 0 Å². The number of amides is 1. The van der Waals surface area contributed by atoms with Gasteiger partial charge in [-0.05, 0) is 19.1 Å². The Labute approximate surface area is 93.1 Å². The van der Waals surface area contributed by atoms with E-state index in [-0.39, 0.29) is 17.6 Å². The molecule has 4 nitrogen and oxygen atoms in total. The van der Waals surface area contributed by atoms with Crippen LogP contribution in [0.1, 0.15) is 16.1 Å². The first kappa shape index (κ1) is 11.5. The summed E-state index contributed by atoms with van der Waals surface area (Å²) in [7, 11) is 1.56. The number of aryl methyl sites for hydroxylation is 1. The third-order valence-electron chi connectivity index (χ3n) is 1.82. The van der Waals surface area contributed by atoms with E-state index in [2.05, 4.69) is 4.98 Å². The number of nitriles is 1. The van der Waals surface area contributed by atoms with Crippen LogP contribution in [0, 0.1) is 18.3 Å². The largest absolute Gasteiger partial charge is 0.328 e. The maximum absolute atomic E-state index is 11.7. The molecule has 0 atom stereocenters. The van der Waals surface area contributed by atoms with Crippen LogP contribution >= 0.6 is 11.6 Å². The van der Waals surface area contributed by atoms with Gasteiger partial charge in [0.15, 0.2) is 0 Å². The second kappa shape index (κ2) is 4.76. The molecule has 1 amide bonds. The third kappa shape index (κ3) is 2.93. The molecule has 5 heteroatoms. The van der Waals surface area contributed by atoms with Crippen molar-refractivity contribution in [3.8, 4) is 6.07 Å². The maximum atomic E-state index is 11.7. The normalized spacial score (nSPS) is 9.47. The molecule has 1 heterocycles. The third-order valence-corrected chi connectivity index (χ3v) is 2.02. The highest BCUT2D eigenvalue weighted by molar-refractivity contribution is 6.29. The highest BCUT2D eigenvalue weighted by Crippen LogP contribution is 2.11. The lowest BCUT2D eigenvalue weighted by Crippen LogP contribution is -2.27. The molecule has 1 rings (SSSR count). The fraction of sp³-hybridized carbons (Fsp3) is 0.300. The average Bonchev–Trinajstić information content (AvgIpc) is 2.15. The highest BCUT2D eigenvalue weighted by atomic mass is 35.5. The number of hydrogen-bond acceptors (Lipinski definition) is 3. The minimum absolute atomic E-state index is 0.0534. The van der Waals surface area contributed by atoms with Crippen LogP contribution in [0.2, 0.25) is 5.15 Å². The number of aromatic nitrogens is 1. The molecule has 0 aliphatic carbocycles. The molecule has 0 fully saturated rings. The first-order valence-electron chi connectivity index (χ1n) is 4.31. The van der Waals surface area contributed by atoms with Gasteiger partial charge in [0, 0.05) is 18.3 Å². The Morgan fingerprint density at radius 2 is 2.33 bits per heavy atom. The summed E-state index contributed by atoms with van der Waals surface area (Å²) in [4.78, 5) is 17.0. The van der Waals surface area contributed by atoms with Crippen molar-refractivity contribution in [1.82, 2.24) is 9.88 Å². The van der Waals surface area contributed by atoms with Crippen LogP contribution in [0.4, 0.5) is 0 Å². The van der Waals surface area contributed by atoms with Gasteiger partial charge in [-0.3, -0.25) is 4.79 Å². The van der Waals surface area contributed by atoms with E-state index in [1.165, 1.54) is 11.0 Å². The fourth-order valence-electron chi connectivity index (χ4n) is 1.15. The predicted molar refractivity (Wildman–Crippen MR) is 56.6 cm³/mol. The smallest absolute Gasteiger partial charge is 0.254 e. The molecular formula is C10H10ClN3O. The molecule has 15 heavy (non-hydrogen) atoms. The van der Waals surface area contributed by atoms with E-state index in [1.54, 1.807) is 20.0 Å². The van der Waals surface area contributed by atoms with E-state index in [0.29, 0.717) is 11.3 Å². The Bertz CT molecular complexity index is 405. The Morgan fingerprint density at radius 3 is 2.87 bits per heavy atom. The summed E-state index contributed by atoms with van der Waals surface area (Å²) in [5.41, 5.74) is 1.13. The van der Waals surface area contributed by atoms with Crippen molar-refractivity contribution in [1.29, 1.82) is 5.26 Å². The van der Waals surface area contributed by atoms with Crippen LogP contribution in [0.5, 0.6) is 0 Å². The fourth-order valence-corrected chi connectivity index (χ4v) is 1.40. The van der Waals surface area contributed by atoms with Crippen molar-refractivity contribution in [3.63, 3.8) is 0 Å². The number of nitrogens with zero attached hydrogens (tertiary/aromatic N) is 3. The lowest BCUT2D eigenvalue weighted by atomic mass is 10.2. The average molecular weight is 224 g/mol. The molecule has 1 aromatic rings. The first-order chi connectivity index (χ1) is 7.04. The van der Waals surface area contributed by atoms with E-state index < -0.39 is 0 Å². The van der Waals surface area contributed by atoms with Gasteiger partial charge in [-0.15, -0.1) is 0 Å². The number of carbonyl (C=O) groups excluding carboxylic acids is 1. The minimum atomic E-state index is -0.232. The highest BCUT2D eigenvalue weighted by Gasteiger charge is 2.12. The molecule has 78 valence electrons. The maximum Gasteiger partial charge on any atom is 0.254 e. The first-order valence-corrected chi connectivity index (χ1v) is 4.69. The Hall–Kier alpha value is -1.60. The van der Waals surface area contributed by atoms with Crippen LogP contribution in [0.15, 0.2) is 12.1 Å². The summed E-state index contributed by atoms with van der Waals surface area (Å²) in [6.45, 7) is 1.81. The molecular weight excluding hydrogens is 214 g/mol. The monoisotopic (exact) mass is 223 g/mol. The van der Waals surface area contributed by atoms with Gasteiger partial charge in [0.2, 0.25) is 0 Å². The molecule has 0 bridgehead atoms. The molecule has 0 aliphatic rings. The Morgan fingerprint density at radius 1 is 1.67 bits per heavy atom. The summed E-state index contributed by atoms with van der Waals surface area (Å²) in [5.74, 6) is -0.232. The number of carbonyl (C=O) groups is 1. The topological polar surface area (TPSA) is 57.0 Å². The molecule has 0 aliphatic heterocycles. The molecule has 0 saturated heterocycles. The SMILES string of the molecule is Cc1cc(C(=O)N(C)CC#N)cc(Cl)n1.